The normalized spacial score (nSPS) is 14.3. The highest BCUT2D eigenvalue weighted by Gasteiger charge is 2.19. The number of nitrogens with zero attached hydrogens (tertiary/aromatic N) is 1. The summed E-state index contributed by atoms with van der Waals surface area (Å²) >= 11 is 0. The van der Waals surface area contributed by atoms with E-state index in [2.05, 4.69) is 16.0 Å². The van der Waals surface area contributed by atoms with Crippen LogP contribution in [0.2, 0.25) is 0 Å². The predicted molar refractivity (Wildman–Crippen MR) is 92.7 cm³/mol. The molecule has 8 nitrogen and oxygen atoms in total. The van der Waals surface area contributed by atoms with Gasteiger partial charge in [0.15, 0.2) is 6.61 Å². The molecule has 25 heavy (non-hydrogen) atoms. The van der Waals surface area contributed by atoms with Gasteiger partial charge in [0.25, 0.3) is 5.91 Å². The van der Waals surface area contributed by atoms with Crippen LogP contribution in [-0.4, -0.2) is 44.1 Å². The third-order valence-corrected chi connectivity index (χ3v) is 3.82. The molecule has 0 saturated carbocycles. The Morgan fingerprint density at radius 2 is 2.20 bits per heavy atom. The molecular weight excluding hydrogens is 324 g/mol. The molecule has 1 atom stereocenters. The van der Waals surface area contributed by atoms with Gasteiger partial charge in [-0.1, -0.05) is 0 Å². The van der Waals surface area contributed by atoms with Crippen molar-refractivity contribution in [3.63, 3.8) is 0 Å². The lowest BCUT2D eigenvalue weighted by molar-refractivity contribution is -0.118. The number of carbonyl (C=O) groups excluding carboxylic acids is 2. The molecule has 0 bridgehead atoms. The van der Waals surface area contributed by atoms with Crippen molar-refractivity contribution >= 4 is 23.3 Å². The Kier molecular flexibility index (Phi) is 4.90. The van der Waals surface area contributed by atoms with Crippen molar-refractivity contribution in [2.75, 3.05) is 37.9 Å². The highest BCUT2D eigenvalue weighted by atomic mass is 16.5. The van der Waals surface area contributed by atoms with Gasteiger partial charge in [0.1, 0.15) is 11.5 Å². The van der Waals surface area contributed by atoms with E-state index in [1.165, 1.54) is 0 Å². The van der Waals surface area contributed by atoms with Crippen molar-refractivity contribution in [3.05, 3.63) is 42.4 Å². The Morgan fingerprint density at radius 1 is 1.36 bits per heavy atom. The van der Waals surface area contributed by atoms with E-state index in [-0.39, 0.29) is 24.6 Å². The van der Waals surface area contributed by atoms with Crippen molar-refractivity contribution in [1.82, 2.24) is 10.2 Å². The Balaban J connectivity index is 1.58. The van der Waals surface area contributed by atoms with Gasteiger partial charge in [0.2, 0.25) is 0 Å². The maximum Gasteiger partial charge on any atom is 0.319 e. The second-order valence-corrected chi connectivity index (χ2v) is 5.88. The highest BCUT2D eigenvalue weighted by Crippen LogP contribution is 2.30. The molecular formula is C17H20N4O4. The number of rotatable bonds is 5. The molecule has 3 rings (SSSR count). The molecule has 0 radical (unpaired) electrons. The van der Waals surface area contributed by atoms with Crippen molar-refractivity contribution in [2.24, 2.45) is 0 Å². The molecule has 0 fully saturated rings. The number of anilines is 2. The molecule has 2 aromatic rings. The first kappa shape index (κ1) is 16.8. The van der Waals surface area contributed by atoms with E-state index in [1.807, 2.05) is 31.1 Å². The lowest BCUT2D eigenvalue weighted by Gasteiger charge is -2.23. The number of carbonyl (C=O) groups is 2. The van der Waals surface area contributed by atoms with Gasteiger partial charge >= 0.3 is 6.03 Å². The fourth-order valence-electron chi connectivity index (χ4n) is 2.54. The van der Waals surface area contributed by atoms with Gasteiger partial charge < -0.3 is 25.1 Å². The average molecular weight is 344 g/mol. The monoisotopic (exact) mass is 344 g/mol. The van der Waals surface area contributed by atoms with Gasteiger partial charge in [-0.2, -0.15) is 0 Å². The van der Waals surface area contributed by atoms with E-state index in [1.54, 1.807) is 24.5 Å². The van der Waals surface area contributed by atoms with E-state index < -0.39 is 0 Å². The minimum atomic E-state index is -0.335. The topological polar surface area (TPSA) is 95.8 Å². The molecule has 2 heterocycles. The fraction of sp³-hybridized carbons (Fsp3) is 0.294. The number of ether oxygens (including phenoxy) is 1. The lowest BCUT2D eigenvalue weighted by Crippen LogP contribution is -2.36. The van der Waals surface area contributed by atoms with Crippen LogP contribution in [0.5, 0.6) is 5.75 Å². The molecule has 0 aliphatic carbocycles. The first-order valence-corrected chi connectivity index (χ1v) is 7.84. The van der Waals surface area contributed by atoms with Crippen molar-refractivity contribution in [3.8, 4) is 5.75 Å². The summed E-state index contributed by atoms with van der Waals surface area (Å²) in [5.41, 5.74) is 1.17. The number of benzene rings is 1. The summed E-state index contributed by atoms with van der Waals surface area (Å²) < 4.78 is 10.7. The number of nitrogens with one attached hydrogen (secondary N) is 3. The molecule has 1 aliphatic heterocycles. The SMILES string of the molecule is CN(C)C(CNC(=O)Nc1ccc2c(c1)OCC(=O)N2)c1ccco1. The second-order valence-electron chi connectivity index (χ2n) is 5.88. The van der Waals surface area contributed by atoms with Crippen LogP contribution >= 0.6 is 0 Å². The van der Waals surface area contributed by atoms with Crippen molar-refractivity contribution in [2.45, 2.75) is 6.04 Å². The van der Waals surface area contributed by atoms with E-state index in [0.717, 1.165) is 5.76 Å². The summed E-state index contributed by atoms with van der Waals surface area (Å²) in [4.78, 5) is 25.4. The zero-order valence-electron chi connectivity index (χ0n) is 14.0. The van der Waals surface area contributed by atoms with Gasteiger partial charge in [-0.25, -0.2) is 4.79 Å². The standard InChI is InChI=1S/C17H20N4O4/c1-21(2)13(14-4-3-7-24-14)9-18-17(23)19-11-5-6-12-15(8-11)25-10-16(22)20-12/h3-8,13H,9-10H2,1-2H3,(H,20,22)(H2,18,19,23). The smallest absolute Gasteiger partial charge is 0.319 e. The summed E-state index contributed by atoms with van der Waals surface area (Å²) in [6, 6.07) is 8.35. The van der Waals surface area contributed by atoms with Crippen molar-refractivity contribution < 1.29 is 18.7 Å². The summed E-state index contributed by atoms with van der Waals surface area (Å²) in [6.45, 7) is 0.361. The minimum Gasteiger partial charge on any atom is -0.482 e. The van der Waals surface area contributed by atoms with E-state index >= 15 is 0 Å². The molecule has 8 heteroatoms. The zero-order chi connectivity index (χ0) is 17.8. The van der Waals surface area contributed by atoms with Crippen LogP contribution in [0.25, 0.3) is 0 Å². The number of urea groups is 1. The minimum absolute atomic E-state index is 0.0314. The summed E-state index contributed by atoms with van der Waals surface area (Å²) in [5, 5.41) is 8.28. The van der Waals surface area contributed by atoms with E-state index in [0.29, 0.717) is 23.7 Å². The van der Waals surface area contributed by atoms with Crippen LogP contribution in [0.1, 0.15) is 11.8 Å². The quantitative estimate of drug-likeness (QED) is 0.771. The fourth-order valence-corrected chi connectivity index (χ4v) is 2.54. The molecule has 0 saturated heterocycles. The van der Waals surface area contributed by atoms with Gasteiger partial charge in [0.05, 0.1) is 18.0 Å². The van der Waals surface area contributed by atoms with E-state index in [9.17, 15) is 9.59 Å². The number of amides is 3. The predicted octanol–water partition coefficient (Wildman–Crippen LogP) is 2.03. The summed E-state index contributed by atoms with van der Waals surface area (Å²) in [5.74, 6) is 1.11. The third kappa shape index (κ3) is 4.10. The first-order chi connectivity index (χ1) is 12.0. The van der Waals surface area contributed by atoms with Gasteiger partial charge in [0, 0.05) is 18.3 Å². The molecule has 1 unspecified atom stereocenters. The Hall–Kier alpha value is -3.00. The zero-order valence-corrected chi connectivity index (χ0v) is 14.0. The van der Waals surface area contributed by atoms with Crippen LogP contribution < -0.4 is 20.7 Å². The maximum atomic E-state index is 12.1. The van der Waals surface area contributed by atoms with Crippen LogP contribution in [0.3, 0.4) is 0 Å². The van der Waals surface area contributed by atoms with Gasteiger partial charge in [-0.15, -0.1) is 0 Å². The number of fused-ring (bicyclic) bond motifs is 1. The molecule has 1 aliphatic rings. The average Bonchev–Trinajstić information content (AvgIpc) is 3.09. The van der Waals surface area contributed by atoms with Crippen LogP contribution in [0.4, 0.5) is 16.2 Å². The molecule has 132 valence electrons. The number of hydrogen-bond acceptors (Lipinski definition) is 5. The highest BCUT2D eigenvalue weighted by molar-refractivity contribution is 5.96. The summed E-state index contributed by atoms with van der Waals surface area (Å²) in [6.07, 6.45) is 1.61. The van der Waals surface area contributed by atoms with E-state index in [4.69, 9.17) is 9.15 Å². The van der Waals surface area contributed by atoms with Crippen molar-refractivity contribution in [1.29, 1.82) is 0 Å². The molecule has 3 amide bonds. The Labute approximate surface area is 145 Å². The Morgan fingerprint density at radius 3 is 2.92 bits per heavy atom. The lowest BCUT2D eigenvalue weighted by atomic mass is 10.2. The molecule has 3 N–H and O–H groups in total. The Bertz CT molecular complexity index is 758. The van der Waals surface area contributed by atoms with Crippen LogP contribution in [0.15, 0.2) is 41.0 Å². The first-order valence-electron chi connectivity index (χ1n) is 7.84. The maximum absolute atomic E-state index is 12.1. The number of hydrogen-bond donors (Lipinski definition) is 3. The van der Waals surface area contributed by atoms with Crippen LogP contribution in [0, 0.1) is 0 Å². The summed E-state index contributed by atoms with van der Waals surface area (Å²) in [7, 11) is 3.84. The number of furan rings is 1. The van der Waals surface area contributed by atoms with Crippen LogP contribution in [-0.2, 0) is 4.79 Å². The van der Waals surface area contributed by atoms with Gasteiger partial charge in [-0.3, -0.25) is 9.69 Å². The number of likely N-dealkylation sites (N-methyl/N-ethyl adjacent to an activating group) is 1. The molecule has 0 spiro atoms. The third-order valence-electron chi connectivity index (χ3n) is 3.82. The van der Waals surface area contributed by atoms with Gasteiger partial charge in [-0.05, 0) is 38.4 Å². The largest absolute Gasteiger partial charge is 0.482 e. The second kappa shape index (κ2) is 7.27. The molecule has 1 aromatic heterocycles. The molecule has 1 aromatic carbocycles.